The van der Waals surface area contributed by atoms with E-state index in [1.807, 2.05) is 10.9 Å². The molecule has 0 atom stereocenters. The summed E-state index contributed by atoms with van der Waals surface area (Å²) in [5.41, 5.74) is 0.914. The van der Waals surface area contributed by atoms with E-state index in [-0.39, 0.29) is 10.7 Å². The van der Waals surface area contributed by atoms with Crippen LogP contribution in [0.2, 0.25) is 0 Å². The fourth-order valence-corrected chi connectivity index (χ4v) is 1.66. The third-order valence-electron chi connectivity index (χ3n) is 2.04. The third kappa shape index (κ3) is 5.10. The van der Waals surface area contributed by atoms with Crippen LogP contribution in [0, 0.1) is 11.8 Å². The molecule has 1 rings (SSSR count). The monoisotopic (exact) mass is 250 g/mol. The van der Waals surface area contributed by atoms with Gasteiger partial charge in [0.2, 0.25) is 0 Å². The van der Waals surface area contributed by atoms with Crippen molar-refractivity contribution in [2.75, 3.05) is 5.75 Å². The molecule has 0 saturated heterocycles. The lowest BCUT2D eigenvalue weighted by Gasteiger charge is -2.18. The van der Waals surface area contributed by atoms with Crippen LogP contribution in [-0.2, 0) is 10.3 Å². The van der Waals surface area contributed by atoms with Gasteiger partial charge in [0.05, 0.1) is 17.3 Å². The molecular formula is C13H18N2OS. The van der Waals surface area contributed by atoms with Gasteiger partial charge in [-0.05, 0) is 20.8 Å². The predicted molar refractivity (Wildman–Crippen MR) is 71.9 cm³/mol. The second kappa shape index (κ2) is 5.92. The lowest BCUT2D eigenvalue weighted by molar-refractivity contribution is -0.109. The zero-order valence-electron chi connectivity index (χ0n) is 10.8. The molecule has 1 heterocycles. The van der Waals surface area contributed by atoms with Crippen LogP contribution in [0.5, 0.6) is 0 Å². The summed E-state index contributed by atoms with van der Waals surface area (Å²) >= 11 is 1.31. The Hall–Kier alpha value is -1.21. The van der Waals surface area contributed by atoms with Crippen molar-refractivity contribution in [3.63, 3.8) is 0 Å². The molecule has 0 amide bonds. The van der Waals surface area contributed by atoms with Crippen LogP contribution in [0.4, 0.5) is 0 Å². The molecular weight excluding hydrogens is 232 g/mol. The summed E-state index contributed by atoms with van der Waals surface area (Å²) in [6.45, 7) is 7.87. The van der Waals surface area contributed by atoms with Crippen LogP contribution in [0.15, 0.2) is 12.4 Å². The van der Waals surface area contributed by atoms with Gasteiger partial charge < -0.3 is 0 Å². The van der Waals surface area contributed by atoms with E-state index in [1.54, 1.807) is 13.1 Å². The first kappa shape index (κ1) is 13.9. The Labute approximate surface area is 107 Å². The van der Waals surface area contributed by atoms with Crippen molar-refractivity contribution in [3.8, 4) is 11.8 Å². The van der Waals surface area contributed by atoms with E-state index in [4.69, 9.17) is 0 Å². The highest BCUT2D eigenvalue weighted by molar-refractivity contribution is 8.13. The standard InChI is InChI=1S/C13H18N2OS/c1-11(16)17-8-6-5-7-12-9-14-15(10-12)13(2,3)4/h9-10H,6,8H2,1-4H3. The largest absolute Gasteiger partial charge is 0.288 e. The molecule has 0 spiro atoms. The van der Waals surface area contributed by atoms with Gasteiger partial charge in [0.1, 0.15) is 0 Å². The Kier molecular flexibility index (Phi) is 4.83. The van der Waals surface area contributed by atoms with Crippen LogP contribution >= 0.6 is 11.8 Å². The van der Waals surface area contributed by atoms with Gasteiger partial charge in [-0.2, -0.15) is 5.10 Å². The maximum Gasteiger partial charge on any atom is 0.185 e. The smallest absolute Gasteiger partial charge is 0.185 e. The highest BCUT2D eigenvalue weighted by atomic mass is 32.2. The van der Waals surface area contributed by atoms with E-state index in [0.717, 1.165) is 17.7 Å². The van der Waals surface area contributed by atoms with Crippen LogP contribution in [0.1, 0.15) is 39.7 Å². The maximum atomic E-state index is 10.7. The van der Waals surface area contributed by atoms with E-state index in [0.29, 0.717) is 0 Å². The molecule has 0 radical (unpaired) electrons. The minimum Gasteiger partial charge on any atom is -0.288 e. The van der Waals surface area contributed by atoms with E-state index >= 15 is 0 Å². The van der Waals surface area contributed by atoms with Crippen LogP contribution in [0.25, 0.3) is 0 Å². The molecule has 0 bridgehead atoms. The fourth-order valence-electron chi connectivity index (χ4n) is 1.16. The molecule has 0 N–H and O–H groups in total. The number of thioether (sulfide) groups is 1. The molecule has 1 aromatic rings. The van der Waals surface area contributed by atoms with Crippen molar-refractivity contribution in [2.45, 2.75) is 39.7 Å². The van der Waals surface area contributed by atoms with Crippen LogP contribution < -0.4 is 0 Å². The molecule has 0 saturated carbocycles. The summed E-state index contributed by atoms with van der Waals surface area (Å²) in [6, 6.07) is 0. The predicted octanol–water partition coefficient (Wildman–Crippen LogP) is 2.66. The van der Waals surface area contributed by atoms with Crippen molar-refractivity contribution in [2.24, 2.45) is 0 Å². The average molecular weight is 250 g/mol. The van der Waals surface area contributed by atoms with E-state index in [1.165, 1.54) is 11.8 Å². The summed E-state index contributed by atoms with van der Waals surface area (Å²) in [5.74, 6) is 6.86. The number of rotatable bonds is 2. The Morgan fingerprint density at radius 2 is 2.24 bits per heavy atom. The molecule has 92 valence electrons. The summed E-state index contributed by atoms with van der Waals surface area (Å²) in [6.07, 6.45) is 4.45. The molecule has 4 heteroatoms. The summed E-state index contributed by atoms with van der Waals surface area (Å²) in [4.78, 5) is 10.7. The van der Waals surface area contributed by atoms with Crippen LogP contribution in [-0.4, -0.2) is 20.6 Å². The molecule has 17 heavy (non-hydrogen) atoms. The number of hydrogen-bond acceptors (Lipinski definition) is 3. The van der Waals surface area contributed by atoms with Gasteiger partial charge in [0.25, 0.3) is 0 Å². The molecule has 0 unspecified atom stereocenters. The van der Waals surface area contributed by atoms with Crippen molar-refractivity contribution in [1.82, 2.24) is 9.78 Å². The number of aromatic nitrogens is 2. The zero-order chi connectivity index (χ0) is 12.9. The van der Waals surface area contributed by atoms with Gasteiger partial charge in [-0.3, -0.25) is 9.48 Å². The van der Waals surface area contributed by atoms with Crippen molar-refractivity contribution < 1.29 is 4.79 Å². The molecule has 0 aliphatic carbocycles. The number of hydrogen-bond donors (Lipinski definition) is 0. The van der Waals surface area contributed by atoms with Gasteiger partial charge in [-0.25, -0.2) is 0 Å². The zero-order valence-corrected chi connectivity index (χ0v) is 11.6. The topological polar surface area (TPSA) is 34.9 Å². The lowest BCUT2D eigenvalue weighted by atomic mass is 10.1. The van der Waals surface area contributed by atoms with Gasteiger partial charge in [0.15, 0.2) is 5.12 Å². The number of nitrogens with zero attached hydrogens (tertiary/aromatic N) is 2. The highest BCUT2D eigenvalue weighted by Crippen LogP contribution is 2.12. The molecule has 3 nitrogen and oxygen atoms in total. The Morgan fingerprint density at radius 3 is 2.76 bits per heavy atom. The summed E-state index contributed by atoms with van der Waals surface area (Å²) in [5, 5.41) is 4.42. The molecule has 0 aromatic carbocycles. The lowest BCUT2D eigenvalue weighted by Crippen LogP contribution is -2.21. The second-order valence-electron chi connectivity index (χ2n) is 4.74. The average Bonchev–Trinajstić information content (AvgIpc) is 2.64. The molecule has 0 aliphatic heterocycles. The van der Waals surface area contributed by atoms with Crippen molar-refractivity contribution in [3.05, 3.63) is 18.0 Å². The first-order chi connectivity index (χ1) is 7.89. The normalized spacial score (nSPS) is 10.8. The fraction of sp³-hybridized carbons (Fsp3) is 0.538. The SMILES string of the molecule is CC(=O)SCCC#Cc1cnn(C(C)(C)C)c1. The van der Waals surface area contributed by atoms with Gasteiger partial charge in [-0.1, -0.05) is 23.6 Å². The Bertz CT molecular complexity index is 446. The Balaban J connectivity index is 2.50. The third-order valence-corrected chi connectivity index (χ3v) is 2.85. The van der Waals surface area contributed by atoms with E-state index in [2.05, 4.69) is 37.7 Å². The Morgan fingerprint density at radius 1 is 1.53 bits per heavy atom. The summed E-state index contributed by atoms with van der Waals surface area (Å²) in [7, 11) is 0. The van der Waals surface area contributed by atoms with Crippen LogP contribution in [0.3, 0.4) is 0 Å². The van der Waals surface area contributed by atoms with Gasteiger partial charge in [0, 0.05) is 25.3 Å². The maximum absolute atomic E-state index is 10.7. The van der Waals surface area contributed by atoms with Crippen molar-refractivity contribution >= 4 is 16.9 Å². The van der Waals surface area contributed by atoms with Crippen molar-refractivity contribution in [1.29, 1.82) is 0 Å². The van der Waals surface area contributed by atoms with Gasteiger partial charge >= 0.3 is 0 Å². The second-order valence-corrected chi connectivity index (χ2v) is 6.01. The number of carbonyl (C=O) groups is 1. The van der Waals surface area contributed by atoms with Gasteiger partial charge in [-0.15, -0.1) is 0 Å². The van der Waals surface area contributed by atoms with E-state index in [9.17, 15) is 4.79 Å². The molecule has 1 aromatic heterocycles. The van der Waals surface area contributed by atoms with E-state index < -0.39 is 0 Å². The minimum absolute atomic E-state index is 0.00951. The quantitative estimate of drug-likeness (QED) is 0.598. The first-order valence-electron chi connectivity index (χ1n) is 5.57. The number of carbonyl (C=O) groups excluding carboxylic acids is 1. The summed E-state index contributed by atoms with van der Waals surface area (Å²) < 4.78 is 1.90. The first-order valence-corrected chi connectivity index (χ1v) is 6.55. The highest BCUT2D eigenvalue weighted by Gasteiger charge is 2.12. The molecule has 0 fully saturated rings. The molecule has 0 aliphatic rings. The minimum atomic E-state index is -0.00951.